The van der Waals surface area contributed by atoms with E-state index in [1.165, 1.54) is 0 Å². The Bertz CT molecular complexity index is 237. The van der Waals surface area contributed by atoms with Gasteiger partial charge in [0, 0.05) is 18.9 Å². The lowest BCUT2D eigenvalue weighted by Crippen LogP contribution is -2.33. The van der Waals surface area contributed by atoms with Crippen LogP contribution < -0.4 is 0 Å². The third-order valence-corrected chi connectivity index (χ3v) is 2.99. The highest BCUT2D eigenvalue weighted by Crippen LogP contribution is 2.35. The molecule has 0 bridgehead atoms. The summed E-state index contributed by atoms with van der Waals surface area (Å²) in [5.41, 5.74) is 0. The van der Waals surface area contributed by atoms with Gasteiger partial charge in [-0.05, 0) is 12.8 Å². The van der Waals surface area contributed by atoms with Crippen molar-refractivity contribution in [3.05, 3.63) is 12.7 Å². The fourth-order valence-corrected chi connectivity index (χ4v) is 2.36. The first-order chi connectivity index (χ1) is 6.83. The van der Waals surface area contributed by atoms with Gasteiger partial charge in [-0.3, -0.25) is 4.79 Å². The first-order valence-corrected chi connectivity index (χ1v) is 5.19. The average molecular weight is 196 g/mol. The summed E-state index contributed by atoms with van der Waals surface area (Å²) in [4.78, 5) is 11.6. The predicted octanol–water partition coefficient (Wildman–Crippen LogP) is 1.33. The minimum atomic E-state index is -0.238. The lowest BCUT2D eigenvalue weighted by molar-refractivity contribution is -0.128. The topological polar surface area (TPSA) is 35.5 Å². The van der Waals surface area contributed by atoms with Gasteiger partial charge in [0.15, 0.2) is 5.78 Å². The molecule has 78 valence electrons. The van der Waals surface area contributed by atoms with Crippen molar-refractivity contribution in [1.82, 2.24) is 0 Å². The lowest BCUT2D eigenvalue weighted by Gasteiger charge is -2.28. The number of carbonyl (C=O) groups excluding carboxylic acids is 1. The molecular formula is C11H16O3. The molecule has 1 saturated carbocycles. The van der Waals surface area contributed by atoms with Gasteiger partial charge in [0.1, 0.15) is 6.10 Å². The van der Waals surface area contributed by atoms with Crippen LogP contribution in [0.3, 0.4) is 0 Å². The van der Waals surface area contributed by atoms with Crippen LogP contribution in [0.25, 0.3) is 0 Å². The third kappa shape index (κ3) is 1.74. The molecule has 0 aromatic heterocycles. The Morgan fingerprint density at radius 1 is 1.64 bits per heavy atom. The Hall–Kier alpha value is -0.670. The van der Waals surface area contributed by atoms with E-state index in [4.69, 9.17) is 9.47 Å². The SMILES string of the molecule is C=CCO[C@@H]1C(=O)C[C@@H]2OCCC[C@@H]21. The average Bonchev–Trinajstić information content (AvgIpc) is 2.51. The second-order valence-electron chi connectivity index (χ2n) is 3.93. The van der Waals surface area contributed by atoms with E-state index < -0.39 is 0 Å². The van der Waals surface area contributed by atoms with E-state index in [2.05, 4.69) is 6.58 Å². The smallest absolute Gasteiger partial charge is 0.164 e. The predicted molar refractivity (Wildman–Crippen MR) is 52.0 cm³/mol. The van der Waals surface area contributed by atoms with Crippen LogP contribution in [0.2, 0.25) is 0 Å². The van der Waals surface area contributed by atoms with Crippen LogP contribution in [0, 0.1) is 5.92 Å². The third-order valence-electron chi connectivity index (χ3n) is 2.99. The maximum Gasteiger partial charge on any atom is 0.164 e. The zero-order valence-corrected chi connectivity index (χ0v) is 8.28. The lowest BCUT2D eigenvalue weighted by atomic mass is 9.95. The summed E-state index contributed by atoms with van der Waals surface area (Å²) in [5, 5.41) is 0. The van der Waals surface area contributed by atoms with E-state index >= 15 is 0 Å². The zero-order valence-electron chi connectivity index (χ0n) is 8.28. The summed E-state index contributed by atoms with van der Waals surface area (Å²) >= 11 is 0. The summed E-state index contributed by atoms with van der Waals surface area (Å²) in [5.74, 6) is 0.486. The molecule has 0 spiro atoms. The number of carbonyl (C=O) groups is 1. The quantitative estimate of drug-likeness (QED) is 0.639. The Balaban J connectivity index is 2.00. The van der Waals surface area contributed by atoms with E-state index in [9.17, 15) is 4.79 Å². The van der Waals surface area contributed by atoms with Gasteiger partial charge < -0.3 is 9.47 Å². The maximum atomic E-state index is 11.6. The molecule has 2 fully saturated rings. The van der Waals surface area contributed by atoms with Crippen molar-refractivity contribution in [2.45, 2.75) is 31.5 Å². The maximum absolute atomic E-state index is 11.6. The van der Waals surface area contributed by atoms with Gasteiger partial charge in [-0.25, -0.2) is 0 Å². The van der Waals surface area contributed by atoms with Crippen LogP contribution in [-0.4, -0.2) is 31.2 Å². The molecular weight excluding hydrogens is 180 g/mol. The van der Waals surface area contributed by atoms with Crippen LogP contribution in [0.4, 0.5) is 0 Å². The van der Waals surface area contributed by atoms with Gasteiger partial charge >= 0.3 is 0 Å². The molecule has 0 N–H and O–H groups in total. The number of Topliss-reactive ketones (excluding diaryl/α,β-unsaturated/α-hetero) is 1. The number of fused-ring (bicyclic) bond motifs is 1. The minimum Gasteiger partial charge on any atom is -0.377 e. The fraction of sp³-hybridized carbons (Fsp3) is 0.727. The highest BCUT2D eigenvalue weighted by Gasteiger charge is 2.44. The van der Waals surface area contributed by atoms with Gasteiger partial charge in [0.2, 0.25) is 0 Å². The number of rotatable bonds is 3. The second-order valence-corrected chi connectivity index (χ2v) is 3.93. The van der Waals surface area contributed by atoms with Crippen LogP contribution in [0.1, 0.15) is 19.3 Å². The number of hydrogen-bond donors (Lipinski definition) is 0. The summed E-state index contributed by atoms with van der Waals surface area (Å²) in [6.45, 7) is 4.84. The molecule has 1 aliphatic heterocycles. The van der Waals surface area contributed by atoms with Gasteiger partial charge in [0.25, 0.3) is 0 Å². The van der Waals surface area contributed by atoms with E-state index in [1.807, 2.05) is 0 Å². The zero-order chi connectivity index (χ0) is 9.97. The van der Waals surface area contributed by atoms with Crippen molar-refractivity contribution in [3.8, 4) is 0 Å². The summed E-state index contributed by atoms with van der Waals surface area (Å²) in [7, 11) is 0. The number of hydrogen-bond acceptors (Lipinski definition) is 3. The Labute approximate surface area is 84.1 Å². The van der Waals surface area contributed by atoms with Gasteiger partial charge in [-0.15, -0.1) is 6.58 Å². The van der Waals surface area contributed by atoms with Gasteiger partial charge in [-0.1, -0.05) is 6.08 Å². The summed E-state index contributed by atoms with van der Waals surface area (Å²) < 4.78 is 11.0. The monoisotopic (exact) mass is 196 g/mol. The van der Waals surface area contributed by atoms with Crippen molar-refractivity contribution in [1.29, 1.82) is 0 Å². The van der Waals surface area contributed by atoms with Crippen LogP contribution in [-0.2, 0) is 14.3 Å². The highest BCUT2D eigenvalue weighted by atomic mass is 16.5. The molecule has 0 unspecified atom stereocenters. The molecule has 0 aromatic carbocycles. The molecule has 2 aliphatic rings. The largest absolute Gasteiger partial charge is 0.377 e. The molecule has 1 aliphatic carbocycles. The fourth-order valence-electron chi connectivity index (χ4n) is 2.36. The van der Waals surface area contributed by atoms with Gasteiger partial charge in [0.05, 0.1) is 12.7 Å². The van der Waals surface area contributed by atoms with Crippen LogP contribution in [0.15, 0.2) is 12.7 Å². The normalized spacial score (nSPS) is 36.9. The van der Waals surface area contributed by atoms with E-state index in [0.29, 0.717) is 13.0 Å². The molecule has 0 aromatic rings. The molecule has 3 nitrogen and oxygen atoms in total. The Morgan fingerprint density at radius 3 is 3.29 bits per heavy atom. The van der Waals surface area contributed by atoms with Crippen molar-refractivity contribution in [3.63, 3.8) is 0 Å². The Morgan fingerprint density at radius 2 is 2.50 bits per heavy atom. The van der Waals surface area contributed by atoms with Crippen molar-refractivity contribution < 1.29 is 14.3 Å². The standard InChI is InChI=1S/C11H16O3/c1-2-5-14-11-8-4-3-6-13-10(8)7-9(11)12/h2,8,10-11H,1,3-7H2/t8-,10-,11-/m0/s1. The van der Waals surface area contributed by atoms with Gasteiger partial charge in [-0.2, -0.15) is 0 Å². The molecule has 2 rings (SSSR count). The number of ketones is 1. The first-order valence-electron chi connectivity index (χ1n) is 5.19. The molecule has 14 heavy (non-hydrogen) atoms. The Kier molecular flexibility index (Phi) is 2.99. The van der Waals surface area contributed by atoms with E-state index in [1.54, 1.807) is 6.08 Å². The molecule has 3 atom stereocenters. The molecule has 0 amide bonds. The van der Waals surface area contributed by atoms with Crippen LogP contribution in [0.5, 0.6) is 0 Å². The first kappa shape index (κ1) is 9.87. The molecule has 0 radical (unpaired) electrons. The number of ether oxygens (including phenoxy) is 2. The van der Waals surface area contributed by atoms with E-state index in [-0.39, 0.29) is 23.9 Å². The van der Waals surface area contributed by atoms with Crippen LogP contribution >= 0.6 is 0 Å². The molecule has 1 saturated heterocycles. The molecule has 3 heteroatoms. The van der Waals surface area contributed by atoms with Crippen molar-refractivity contribution in [2.24, 2.45) is 5.92 Å². The van der Waals surface area contributed by atoms with Crippen molar-refractivity contribution in [2.75, 3.05) is 13.2 Å². The summed E-state index contributed by atoms with van der Waals surface area (Å²) in [6, 6.07) is 0. The molecule has 1 heterocycles. The second kappa shape index (κ2) is 4.24. The summed E-state index contributed by atoms with van der Waals surface area (Å²) in [6.07, 6.45) is 4.20. The minimum absolute atomic E-state index is 0.117. The van der Waals surface area contributed by atoms with Crippen molar-refractivity contribution >= 4 is 5.78 Å². The highest BCUT2D eigenvalue weighted by molar-refractivity contribution is 5.86. The van der Waals surface area contributed by atoms with E-state index in [0.717, 1.165) is 19.4 Å².